The van der Waals surface area contributed by atoms with Crippen LogP contribution in [0.3, 0.4) is 0 Å². The first-order valence-corrected chi connectivity index (χ1v) is 6.85. The maximum Gasteiger partial charge on any atom is 0.160 e. The Morgan fingerprint density at radius 2 is 1.86 bits per heavy atom. The molecule has 0 bridgehead atoms. The standard InChI is InChI=1S/C16H17ClFNO2/c1-20-14-7-6-10(9-15(14)21-2)8-13(19)11-4-3-5-12(17)16(11)18/h3-7,9,13H,8,19H2,1-2H3. The molecule has 3 nitrogen and oxygen atoms in total. The third-order valence-corrected chi connectivity index (χ3v) is 3.58. The smallest absolute Gasteiger partial charge is 0.160 e. The van der Waals surface area contributed by atoms with E-state index in [2.05, 4.69) is 0 Å². The van der Waals surface area contributed by atoms with Gasteiger partial charge in [0, 0.05) is 11.6 Å². The van der Waals surface area contributed by atoms with Crippen LogP contribution in [0, 0.1) is 5.82 Å². The zero-order valence-corrected chi connectivity index (χ0v) is 12.7. The second kappa shape index (κ2) is 6.78. The molecule has 0 saturated heterocycles. The van der Waals surface area contributed by atoms with Gasteiger partial charge in [-0.1, -0.05) is 29.8 Å². The quantitative estimate of drug-likeness (QED) is 0.915. The van der Waals surface area contributed by atoms with Gasteiger partial charge in [0.25, 0.3) is 0 Å². The largest absolute Gasteiger partial charge is 0.493 e. The van der Waals surface area contributed by atoms with E-state index in [9.17, 15) is 4.39 Å². The van der Waals surface area contributed by atoms with Gasteiger partial charge in [0.05, 0.1) is 19.2 Å². The van der Waals surface area contributed by atoms with Crippen molar-refractivity contribution in [2.24, 2.45) is 5.73 Å². The van der Waals surface area contributed by atoms with Crippen molar-refractivity contribution in [3.05, 3.63) is 58.4 Å². The number of halogens is 2. The molecule has 0 aromatic heterocycles. The second-order valence-electron chi connectivity index (χ2n) is 4.64. The summed E-state index contributed by atoms with van der Waals surface area (Å²) >= 11 is 5.78. The molecule has 0 saturated carbocycles. The number of hydrogen-bond acceptors (Lipinski definition) is 3. The average Bonchev–Trinajstić information content (AvgIpc) is 2.49. The van der Waals surface area contributed by atoms with Crippen molar-refractivity contribution in [1.29, 1.82) is 0 Å². The summed E-state index contributed by atoms with van der Waals surface area (Å²) < 4.78 is 24.4. The van der Waals surface area contributed by atoms with Crippen LogP contribution in [-0.4, -0.2) is 14.2 Å². The predicted molar refractivity (Wildman–Crippen MR) is 81.6 cm³/mol. The Morgan fingerprint density at radius 1 is 1.14 bits per heavy atom. The van der Waals surface area contributed by atoms with Crippen molar-refractivity contribution in [3.8, 4) is 11.5 Å². The minimum Gasteiger partial charge on any atom is -0.493 e. The normalized spacial score (nSPS) is 12.0. The molecule has 0 aliphatic rings. The zero-order chi connectivity index (χ0) is 15.4. The lowest BCUT2D eigenvalue weighted by molar-refractivity contribution is 0.354. The van der Waals surface area contributed by atoms with Crippen LogP contribution in [0.25, 0.3) is 0 Å². The van der Waals surface area contributed by atoms with Crippen molar-refractivity contribution >= 4 is 11.6 Å². The lowest BCUT2D eigenvalue weighted by Crippen LogP contribution is -2.15. The van der Waals surface area contributed by atoms with E-state index in [4.69, 9.17) is 26.8 Å². The van der Waals surface area contributed by atoms with Crippen molar-refractivity contribution in [3.63, 3.8) is 0 Å². The maximum absolute atomic E-state index is 14.0. The number of methoxy groups -OCH3 is 2. The highest BCUT2D eigenvalue weighted by molar-refractivity contribution is 6.30. The summed E-state index contributed by atoms with van der Waals surface area (Å²) in [5.41, 5.74) is 7.42. The Hall–Kier alpha value is -1.78. The first kappa shape index (κ1) is 15.6. The molecule has 2 aromatic carbocycles. The topological polar surface area (TPSA) is 44.5 Å². The van der Waals surface area contributed by atoms with Crippen LogP contribution in [0.2, 0.25) is 5.02 Å². The lowest BCUT2D eigenvalue weighted by atomic mass is 9.99. The van der Waals surface area contributed by atoms with Crippen LogP contribution < -0.4 is 15.2 Å². The molecule has 112 valence electrons. The Balaban J connectivity index is 2.23. The number of rotatable bonds is 5. The highest BCUT2D eigenvalue weighted by Gasteiger charge is 2.15. The summed E-state index contributed by atoms with van der Waals surface area (Å²) in [4.78, 5) is 0. The molecule has 0 fully saturated rings. The summed E-state index contributed by atoms with van der Waals surface area (Å²) in [6, 6.07) is 9.87. The number of ether oxygens (including phenoxy) is 2. The monoisotopic (exact) mass is 309 g/mol. The summed E-state index contributed by atoms with van der Waals surface area (Å²) in [7, 11) is 3.14. The molecule has 1 atom stereocenters. The molecule has 0 heterocycles. The number of benzene rings is 2. The third kappa shape index (κ3) is 3.46. The van der Waals surface area contributed by atoms with Gasteiger partial charge in [0.1, 0.15) is 5.82 Å². The van der Waals surface area contributed by atoms with E-state index in [1.54, 1.807) is 32.4 Å². The number of nitrogens with two attached hydrogens (primary N) is 1. The van der Waals surface area contributed by atoms with E-state index in [1.807, 2.05) is 12.1 Å². The van der Waals surface area contributed by atoms with Gasteiger partial charge in [0.2, 0.25) is 0 Å². The SMILES string of the molecule is COc1ccc(CC(N)c2cccc(Cl)c2F)cc1OC. The van der Waals surface area contributed by atoms with Gasteiger partial charge in [0.15, 0.2) is 11.5 Å². The van der Waals surface area contributed by atoms with E-state index < -0.39 is 11.9 Å². The van der Waals surface area contributed by atoms with Crippen LogP contribution in [0.5, 0.6) is 11.5 Å². The van der Waals surface area contributed by atoms with Crippen molar-refractivity contribution in [2.75, 3.05) is 14.2 Å². The molecule has 0 spiro atoms. The van der Waals surface area contributed by atoms with Crippen molar-refractivity contribution in [1.82, 2.24) is 0 Å². The molecule has 1 unspecified atom stereocenters. The first-order chi connectivity index (χ1) is 10.1. The van der Waals surface area contributed by atoms with Gasteiger partial charge < -0.3 is 15.2 Å². The van der Waals surface area contributed by atoms with Crippen LogP contribution in [0.15, 0.2) is 36.4 Å². The van der Waals surface area contributed by atoms with Gasteiger partial charge in [-0.25, -0.2) is 4.39 Å². The van der Waals surface area contributed by atoms with Crippen molar-refractivity contribution < 1.29 is 13.9 Å². The highest BCUT2D eigenvalue weighted by Crippen LogP contribution is 2.30. The van der Waals surface area contributed by atoms with E-state index in [-0.39, 0.29) is 5.02 Å². The van der Waals surface area contributed by atoms with Gasteiger partial charge in [-0.15, -0.1) is 0 Å². The van der Waals surface area contributed by atoms with Crippen LogP contribution >= 0.6 is 11.6 Å². The fourth-order valence-corrected chi connectivity index (χ4v) is 2.36. The van der Waals surface area contributed by atoms with Gasteiger partial charge in [-0.2, -0.15) is 0 Å². The minimum atomic E-state index is -0.484. The van der Waals surface area contributed by atoms with E-state index in [1.165, 1.54) is 6.07 Å². The third-order valence-electron chi connectivity index (χ3n) is 3.28. The van der Waals surface area contributed by atoms with Crippen LogP contribution in [0.1, 0.15) is 17.2 Å². The van der Waals surface area contributed by atoms with Gasteiger partial charge in [-0.3, -0.25) is 0 Å². The molecular formula is C16H17ClFNO2. The summed E-state index contributed by atoms with van der Waals surface area (Å²) in [6.45, 7) is 0. The lowest BCUT2D eigenvalue weighted by Gasteiger charge is -2.15. The zero-order valence-electron chi connectivity index (χ0n) is 11.9. The molecule has 21 heavy (non-hydrogen) atoms. The fourth-order valence-electron chi connectivity index (χ4n) is 2.18. The minimum absolute atomic E-state index is 0.0789. The predicted octanol–water partition coefficient (Wildman–Crippen LogP) is 3.74. The van der Waals surface area contributed by atoms with Crippen LogP contribution in [0.4, 0.5) is 4.39 Å². The van der Waals surface area contributed by atoms with E-state index in [0.29, 0.717) is 23.5 Å². The first-order valence-electron chi connectivity index (χ1n) is 6.47. The average molecular weight is 310 g/mol. The fraction of sp³-hybridized carbons (Fsp3) is 0.250. The summed E-state index contributed by atoms with van der Waals surface area (Å²) in [6.07, 6.45) is 0.470. The van der Waals surface area contributed by atoms with Gasteiger partial charge >= 0.3 is 0 Å². The Labute approximate surface area is 128 Å². The molecule has 0 amide bonds. The molecule has 5 heteroatoms. The Bertz CT molecular complexity index is 634. The molecular weight excluding hydrogens is 293 g/mol. The number of hydrogen-bond donors (Lipinski definition) is 1. The molecule has 2 rings (SSSR count). The molecule has 0 radical (unpaired) electrons. The molecule has 0 aliphatic carbocycles. The summed E-state index contributed by atoms with van der Waals surface area (Å²) in [5.74, 6) is 0.796. The van der Waals surface area contributed by atoms with Gasteiger partial charge in [-0.05, 0) is 30.2 Å². The molecule has 0 aliphatic heterocycles. The molecule has 2 N–H and O–H groups in total. The van der Waals surface area contributed by atoms with E-state index in [0.717, 1.165) is 5.56 Å². The second-order valence-corrected chi connectivity index (χ2v) is 5.05. The summed E-state index contributed by atoms with van der Waals surface area (Å²) in [5, 5.41) is 0.0789. The maximum atomic E-state index is 14.0. The van der Waals surface area contributed by atoms with E-state index >= 15 is 0 Å². The van der Waals surface area contributed by atoms with Crippen molar-refractivity contribution in [2.45, 2.75) is 12.5 Å². The van der Waals surface area contributed by atoms with Crippen LogP contribution in [-0.2, 0) is 6.42 Å². The molecule has 2 aromatic rings. The Morgan fingerprint density at radius 3 is 2.52 bits per heavy atom. The Kier molecular flexibility index (Phi) is 5.04. The highest BCUT2D eigenvalue weighted by atomic mass is 35.5.